The van der Waals surface area contributed by atoms with Gasteiger partial charge in [-0.2, -0.15) is 0 Å². The number of benzene rings is 1. The van der Waals surface area contributed by atoms with E-state index in [0.717, 1.165) is 24.3 Å². The average molecular weight is 295 g/mol. The number of anilines is 3. The van der Waals surface area contributed by atoms with E-state index in [9.17, 15) is 4.39 Å². The van der Waals surface area contributed by atoms with Gasteiger partial charge in [0.05, 0.1) is 10.7 Å². The summed E-state index contributed by atoms with van der Waals surface area (Å²) in [5.74, 6) is 0.897. The van der Waals surface area contributed by atoms with Crippen LogP contribution in [0.15, 0.2) is 24.5 Å². The fourth-order valence-electron chi connectivity index (χ4n) is 1.91. The Balaban J connectivity index is 2.41. The first-order chi connectivity index (χ1) is 9.67. The molecule has 2 aromatic rings. The maximum absolute atomic E-state index is 13.8. The van der Waals surface area contributed by atoms with E-state index in [1.54, 1.807) is 12.1 Å². The second-order valence-corrected chi connectivity index (χ2v) is 4.56. The van der Waals surface area contributed by atoms with Gasteiger partial charge in [0, 0.05) is 12.1 Å². The summed E-state index contributed by atoms with van der Waals surface area (Å²) in [6.07, 6.45) is 2.16. The van der Waals surface area contributed by atoms with Gasteiger partial charge in [-0.05, 0) is 25.5 Å². The van der Waals surface area contributed by atoms with E-state index in [4.69, 9.17) is 11.6 Å². The highest BCUT2D eigenvalue weighted by Gasteiger charge is 2.13. The van der Waals surface area contributed by atoms with Crippen LogP contribution in [0, 0.1) is 5.82 Å². The predicted octanol–water partition coefficient (Wildman–Crippen LogP) is 4.01. The lowest BCUT2D eigenvalue weighted by Gasteiger charge is -2.14. The average Bonchev–Trinajstić information content (AvgIpc) is 2.43. The third kappa shape index (κ3) is 2.99. The van der Waals surface area contributed by atoms with Crippen molar-refractivity contribution in [2.45, 2.75) is 20.3 Å². The Hall–Kier alpha value is -1.88. The van der Waals surface area contributed by atoms with Crippen LogP contribution in [-0.4, -0.2) is 16.5 Å². The van der Waals surface area contributed by atoms with E-state index < -0.39 is 5.82 Å². The van der Waals surface area contributed by atoms with Crippen LogP contribution in [0.1, 0.15) is 19.4 Å². The van der Waals surface area contributed by atoms with Crippen molar-refractivity contribution in [3.63, 3.8) is 0 Å². The lowest BCUT2D eigenvalue weighted by Crippen LogP contribution is -2.08. The molecule has 0 radical (unpaired) electrons. The molecule has 1 aromatic carbocycles. The SMILES string of the molecule is CCNc1ncnc(Nc2c(F)cccc2Cl)c1CC. The van der Waals surface area contributed by atoms with Crippen molar-refractivity contribution < 1.29 is 4.39 Å². The molecule has 20 heavy (non-hydrogen) atoms. The number of nitrogens with one attached hydrogen (secondary N) is 2. The van der Waals surface area contributed by atoms with E-state index in [0.29, 0.717) is 10.8 Å². The van der Waals surface area contributed by atoms with Gasteiger partial charge >= 0.3 is 0 Å². The molecule has 106 valence electrons. The summed E-state index contributed by atoms with van der Waals surface area (Å²) in [7, 11) is 0. The summed E-state index contributed by atoms with van der Waals surface area (Å²) in [6, 6.07) is 4.55. The normalized spacial score (nSPS) is 10.4. The molecule has 0 aliphatic rings. The molecular formula is C14H16ClFN4. The standard InChI is InChI=1S/C14H16ClFN4/c1-3-9-13(17-4-2)18-8-19-14(9)20-12-10(15)6-5-7-11(12)16/h5-8H,3-4H2,1-2H3,(H2,17,18,19,20). The van der Waals surface area contributed by atoms with Crippen molar-refractivity contribution in [2.75, 3.05) is 17.2 Å². The maximum Gasteiger partial charge on any atom is 0.148 e. The number of aromatic nitrogens is 2. The molecular weight excluding hydrogens is 279 g/mol. The number of nitrogens with zero attached hydrogens (tertiary/aromatic N) is 2. The largest absolute Gasteiger partial charge is 0.370 e. The molecule has 1 aromatic heterocycles. The van der Waals surface area contributed by atoms with Crippen LogP contribution in [0.4, 0.5) is 21.7 Å². The fourth-order valence-corrected chi connectivity index (χ4v) is 2.12. The first kappa shape index (κ1) is 14.5. The van der Waals surface area contributed by atoms with Crippen molar-refractivity contribution >= 4 is 28.9 Å². The van der Waals surface area contributed by atoms with Gasteiger partial charge in [0.2, 0.25) is 0 Å². The second kappa shape index (κ2) is 6.52. The Morgan fingerprint density at radius 2 is 1.95 bits per heavy atom. The minimum Gasteiger partial charge on any atom is -0.370 e. The predicted molar refractivity (Wildman–Crippen MR) is 80.3 cm³/mol. The number of para-hydroxylation sites is 1. The van der Waals surface area contributed by atoms with Crippen molar-refractivity contribution in [1.29, 1.82) is 0 Å². The third-order valence-corrected chi connectivity index (χ3v) is 3.16. The zero-order valence-corrected chi connectivity index (χ0v) is 12.1. The number of rotatable bonds is 5. The van der Waals surface area contributed by atoms with Crippen LogP contribution in [0.3, 0.4) is 0 Å². The Bertz CT molecular complexity index is 583. The van der Waals surface area contributed by atoms with E-state index in [2.05, 4.69) is 20.6 Å². The van der Waals surface area contributed by atoms with E-state index in [-0.39, 0.29) is 5.69 Å². The fraction of sp³-hybridized carbons (Fsp3) is 0.286. The van der Waals surface area contributed by atoms with Gasteiger partial charge in [-0.3, -0.25) is 0 Å². The molecule has 6 heteroatoms. The number of hydrogen-bond acceptors (Lipinski definition) is 4. The van der Waals surface area contributed by atoms with Gasteiger partial charge in [0.1, 0.15) is 23.8 Å². The summed E-state index contributed by atoms with van der Waals surface area (Å²) in [6.45, 7) is 4.74. The summed E-state index contributed by atoms with van der Waals surface area (Å²) in [5, 5.41) is 6.44. The van der Waals surface area contributed by atoms with Crippen molar-refractivity contribution in [3.8, 4) is 0 Å². The van der Waals surface area contributed by atoms with Crippen LogP contribution in [-0.2, 0) is 6.42 Å². The molecule has 0 aliphatic heterocycles. The molecule has 2 rings (SSSR count). The van der Waals surface area contributed by atoms with Crippen molar-refractivity contribution in [3.05, 3.63) is 40.9 Å². The molecule has 0 saturated carbocycles. The van der Waals surface area contributed by atoms with Gasteiger partial charge in [-0.1, -0.05) is 24.6 Å². The molecule has 0 bridgehead atoms. The minimum atomic E-state index is -0.414. The van der Waals surface area contributed by atoms with Crippen LogP contribution >= 0.6 is 11.6 Å². The molecule has 1 heterocycles. The van der Waals surface area contributed by atoms with Crippen molar-refractivity contribution in [2.24, 2.45) is 0 Å². The lowest BCUT2D eigenvalue weighted by molar-refractivity contribution is 0.632. The van der Waals surface area contributed by atoms with E-state index >= 15 is 0 Å². The molecule has 0 aliphatic carbocycles. The molecule has 0 amide bonds. The Kier molecular flexibility index (Phi) is 4.74. The topological polar surface area (TPSA) is 49.8 Å². The van der Waals surface area contributed by atoms with Gasteiger partial charge in [0.25, 0.3) is 0 Å². The van der Waals surface area contributed by atoms with Gasteiger partial charge < -0.3 is 10.6 Å². The summed E-state index contributed by atoms with van der Waals surface area (Å²) < 4.78 is 13.8. The molecule has 0 unspecified atom stereocenters. The molecule has 0 fully saturated rings. The van der Waals surface area contributed by atoms with Crippen LogP contribution in [0.5, 0.6) is 0 Å². The maximum atomic E-state index is 13.8. The van der Waals surface area contributed by atoms with E-state index in [1.165, 1.54) is 12.4 Å². The van der Waals surface area contributed by atoms with Crippen molar-refractivity contribution in [1.82, 2.24) is 9.97 Å². The minimum absolute atomic E-state index is 0.227. The molecule has 0 atom stereocenters. The van der Waals surface area contributed by atoms with Crippen LogP contribution in [0.25, 0.3) is 0 Å². The van der Waals surface area contributed by atoms with Gasteiger partial charge in [0.15, 0.2) is 0 Å². The zero-order chi connectivity index (χ0) is 14.5. The monoisotopic (exact) mass is 294 g/mol. The highest BCUT2D eigenvalue weighted by molar-refractivity contribution is 6.33. The number of halogens is 2. The molecule has 0 spiro atoms. The quantitative estimate of drug-likeness (QED) is 0.875. The Morgan fingerprint density at radius 3 is 2.60 bits per heavy atom. The Labute approximate surface area is 122 Å². The van der Waals surface area contributed by atoms with Crippen LogP contribution < -0.4 is 10.6 Å². The van der Waals surface area contributed by atoms with Crippen LogP contribution in [0.2, 0.25) is 5.02 Å². The zero-order valence-electron chi connectivity index (χ0n) is 11.4. The first-order valence-corrected chi connectivity index (χ1v) is 6.83. The highest BCUT2D eigenvalue weighted by atomic mass is 35.5. The molecule has 4 nitrogen and oxygen atoms in total. The number of hydrogen-bond donors (Lipinski definition) is 2. The molecule has 2 N–H and O–H groups in total. The van der Waals surface area contributed by atoms with E-state index in [1.807, 2.05) is 13.8 Å². The van der Waals surface area contributed by atoms with Gasteiger partial charge in [-0.15, -0.1) is 0 Å². The summed E-state index contributed by atoms with van der Waals surface area (Å²) >= 11 is 6.01. The lowest BCUT2D eigenvalue weighted by atomic mass is 10.2. The van der Waals surface area contributed by atoms with Gasteiger partial charge in [-0.25, -0.2) is 14.4 Å². The third-order valence-electron chi connectivity index (χ3n) is 2.85. The first-order valence-electron chi connectivity index (χ1n) is 6.46. The second-order valence-electron chi connectivity index (χ2n) is 4.15. The Morgan fingerprint density at radius 1 is 1.20 bits per heavy atom. The molecule has 0 saturated heterocycles. The highest BCUT2D eigenvalue weighted by Crippen LogP contribution is 2.30. The summed E-state index contributed by atoms with van der Waals surface area (Å²) in [5.41, 5.74) is 1.12. The summed E-state index contributed by atoms with van der Waals surface area (Å²) in [4.78, 5) is 8.38. The smallest absolute Gasteiger partial charge is 0.148 e.